The minimum Gasteiger partial charge on any atom is -0.379 e. The van der Waals surface area contributed by atoms with Gasteiger partial charge in [-0.05, 0) is 26.0 Å². The summed E-state index contributed by atoms with van der Waals surface area (Å²) in [6.45, 7) is 2.58. The van der Waals surface area contributed by atoms with Crippen LogP contribution in [-0.2, 0) is 11.3 Å². The lowest BCUT2D eigenvalue weighted by Gasteiger charge is -2.24. The van der Waals surface area contributed by atoms with E-state index in [4.69, 9.17) is 4.74 Å². The van der Waals surface area contributed by atoms with E-state index in [-0.39, 0.29) is 0 Å². The smallest absolute Gasteiger partial charge is 0.0757 e. The molecule has 78 valence electrons. The van der Waals surface area contributed by atoms with E-state index in [0.717, 1.165) is 26.2 Å². The standard InChI is InChI=1S/C10H17N3O/c1-11-7-9-4-5-12-13(9)10-3-2-6-14-8-10/h4-5,10-11H,2-3,6-8H2,1H3. The molecule has 0 bridgehead atoms. The molecular weight excluding hydrogens is 178 g/mol. The largest absolute Gasteiger partial charge is 0.379 e. The minimum atomic E-state index is 0.432. The molecule has 1 aliphatic rings. The highest BCUT2D eigenvalue weighted by molar-refractivity contribution is 5.01. The molecule has 14 heavy (non-hydrogen) atoms. The summed E-state index contributed by atoms with van der Waals surface area (Å²) in [5.41, 5.74) is 1.24. The van der Waals surface area contributed by atoms with E-state index in [1.54, 1.807) is 0 Å². The maximum absolute atomic E-state index is 5.46. The van der Waals surface area contributed by atoms with Crippen molar-refractivity contribution >= 4 is 0 Å². The maximum Gasteiger partial charge on any atom is 0.0757 e. The fraction of sp³-hybridized carbons (Fsp3) is 0.700. The predicted molar refractivity (Wildman–Crippen MR) is 54.1 cm³/mol. The zero-order valence-corrected chi connectivity index (χ0v) is 8.57. The number of aromatic nitrogens is 2. The van der Waals surface area contributed by atoms with Gasteiger partial charge in [0.1, 0.15) is 0 Å². The predicted octanol–water partition coefficient (Wildman–Crippen LogP) is 0.954. The van der Waals surface area contributed by atoms with Crippen molar-refractivity contribution in [1.82, 2.24) is 15.1 Å². The first-order valence-corrected chi connectivity index (χ1v) is 5.16. The van der Waals surface area contributed by atoms with Crippen LogP contribution < -0.4 is 5.32 Å². The van der Waals surface area contributed by atoms with Gasteiger partial charge >= 0.3 is 0 Å². The summed E-state index contributed by atoms with van der Waals surface area (Å²) in [6.07, 6.45) is 4.18. The molecule has 0 aliphatic carbocycles. The normalized spacial score (nSPS) is 22.5. The lowest BCUT2D eigenvalue weighted by atomic mass is 10.1. The van der Waals surface area contributed by atoms with Crippen molar-refractivity contribution in [2.45, 2.75) is 25.4 Å². The first kappa shape index (κ1) is 9.68. The molecule has 1 unspecified atom stereocenters. The molecule has 1 atom stereocenters. The minimum absolute atomic E-state index is 0.432. The fourth-order valence-corrected chi connectivity index (χ4v) is 1.91. The highest BCUT2D eigenvalue weighted by atomic mass is 16.5. The van der Waals surface area contributed by atoms with E-state index < -0.39 is 0 Å². The van der Waals surface area contributed by atoms with E-state index in [1.807, 2.05) is 13.2 Å². The van der Waals surface area contributed by atoms with Gasteiger partial charge in [-0.3, -0.25) is 4.68 Å². The molecular formula is C10H17N3O. The van der Waals surface area contributed by atoms with Gasteiger partial charge in [-0.2, -0.15) is 5.10 Å². The number of ether oxygens (including phenoxy) is 1. The second-order valence-electron chi connectivity index (χ2n) is 3.67. The lowest BCUT2D eigenvalue weighted by molar-refractivity contribution is 0.0538. The van der Waals surface area contributed by atoms with Crippen molar-refractivity contribution in [2.75, 3.05) is 20.3 Å². The molecule has 1 aliphatic heterocycles. The molecule has 0 spiro atoms. The van der Waals surface area contributed by atoms with E-state index >= 15 is 0 Å². The first-order chi connectivity index (χ1) is 6.92. The topological polar surface area (TPSA) is 39.1 Å². The number of nitrogens with zero attached hydrogens (tertiary/aromatic N) is 2. The van der Waals surface area contributed by atoms with Crippen molar-refractivity contribution in [1.29, 1.82) is 0 Å². The van der Waals surface area contributed by atoms with Gasteiger partial charge in [-0.15, -0.1) is 0 Å². The Kier molecular flexibility index (Phi) is 3.16. The van der Waals surface area contributed by atoms with Crippen LogP contribution in [-0.4, -0.2) is 30.0 Å². The van der Waals surface area contributed by atoms with Crippen LogP contribution in [0.1, 0.15) is 24.6 Å². The van der Waals surface area contributed by atoms with Crippen molar-refractivity contribution in [3.05, 3.63) is 18.0 Å². The van der Waals surface area contributed by atoms with Crippen LogP contribution in [0.25, 0.3) is 0 Å². The van der Waals surface area contributed by atoms with Crippen LogP contribution in [0.15, 0.2) is 12.3 Å². The Bertz CT molecular complexity index is 279. The summed E-state index contributed by atoms with van der Waals surface area (Å²) in [7, 11) is 1.95. The van der Waals surface area contributed by atoms with Crippen LogP contribution in [0.5, 0.6) is 0 Å². The van der Waals surface area contributed by atoms with Crippen molar-refractivity contribution in [2.24, 2.45) is 0 Å². The number of nitrogens with one attached hydrogen (secondary N) is 1. The highest BCUT2D eigenvalue weighted by Crippen LogP contribution is 2.20. The van der Waals surface area contributed by atoms with Crippen molar-refractivity contribution in [3.63, 3.8) is 0 Å². The average Bonchev–Trinajstić information content (AvgIpc) is 2.68. The molecule has 1 aromatic heterocycles. The van der Waals surface area contributed by atoms with Gasteiger partial charge in [0.15, 0.2) is 0 Å². The van der Waals surface area contributed by atoms with E-state index in [0.29, 0.717) is 6.04 Å². The number of hydrogen-bond donors (Lipinski definition) is 1. The van der Waals surface area contributed by atoms with E-state index in [9.17, 15) is 0 Å². The summed E-state index contributed by atoms with van der Waals surface area (Å²) in [6, 6.07) is 2.49. The van der Waals surface area contributed by atoms with Crippen LogP contribution in [0.4, 0.5) is 0 Å². The Balaban J connectivity index is 2.09. The number of rotatable bonds is 3. The third-order valence-electron chi connectivity index (χ3n) is 2.59. The van der Waals surface area contributed by atoms with Gasteiger partial charge in [0.25, 0.3) is 0 Å². The molecule has 0 aromatic carbocycles. The summed E-state index contributed by atoms with van der Waals surface area (Å²) in [4.78, 5) is 0. The quantitative estimate of drug-likeness (QED) is 0.780. The van der Waals surface area contributed by atoms with Crippen LogP contribution in [0.2, 0.25) is 0 Å². The molecule has 0 saturated carbocycles. The van der Waals surface area contributed by atoms with Gasteiger partial charge in [-0.25, -0.2) is 0 Å². The van der Waals surface area contributed by atoms with E-state index in [1.165, 1.54) is 12.1 Å². The summed E-state index contributed by atoms with van der Waals surface area (Å²) in [5, 5.41) is 7.50. The third-order valence-corrected chi connectivity index (χ3v) is 2.59. The van der Waals surface area contributed by atoms with Gasteiger partial charge in [0, 0.05) is 19.3 Å². The summed E-state index contributed by atoms with van der Waals surface area (Å²) < 4.78 is 7.55. The molecule has 4 heteroatoms. The second kappa shape index (κ2) is 4.57. The van der Waals surface area contributed by atoms with Crippen LogP contribution in [0.3, 0.4) is 0 Å². The highest BCUT2D eigenvalue weighted by Gasteiger charge is 2.18. The molecule has 1 saturated heterocycles. The summed E-state index contributed by atoms with van der Waals surface area (Å²) in [5.74, 6) is 0. The van der Waals surface area contributed by atoms with Gasteiger partial charge in [0.2, 0.25) is 0 Å². The molecule has 2 rings (SSSR count). The molecule has 0 amide bonds. The number of hydrogen-bond acceptors (Lipinski definition) is 3. The summed E-state index contributed by atoms with van der Waals surface area (Å²) >= 11 is 0. The van der Waals surface area contributed by atoms with Gasteiger partial charge in [0.05, 0.1) is 18.3 Å². The molecule has 1 N–H and O–H groups in total. The zero-order chi connectivity index (χ0) is 9.80. The Morgan fingerprint density at radius 2 is 2.64 bits per heavy atom. The Labute approximate surface area is 84.3 Å². The molecule has 4 nitrogen and oxygen atoms in total. The molecule has 1 fully saturated rings. The third kappa shape index (κ3) is 1.96. The van der Waals surface area contributed by atoms with Crippen LogP contribution >= 0.6 is 0 Å². The Morgan fingerprint density at radius 1 is 1.71 bits per heavy atom. The zero-order valence-electron chi connectivity index (χ0n) is 8.57. The Morgan fingerprint density at radius 3 is 3.36 bits per heavy atom. The van der Waals surface area contributed by atoms with Crippen molar-refractivity contribution in [3.8, 4) is 0 Å². The van der Waals surface area contributed by atoms with Gasteiger partial charge < -0.3 is 10.1 Å². The second-order valence-corrected chi connectivity index (χ2v) is 3.67. The molecule has 0 radical (unpaired) electrons. The molecule has 1 aromatic rings. The van der Waals surface area contributed by atoms with Gasteiger partial charge in [-0.1, -0.05) is 0 Å². The molecule has 2 heterocycles. The van der Waals surface area contributed by atoms with Crippen LogP contribution in [0, 0.1) is 0 Å². The Hall–Kier alpha value is -0.870. The lowest BCUT2D eigenvalue weighted by Crippen LogP contribution is -2.24. The average molecular weight is 195 g/mol. The fourth-order valence-electron chi connectivity index (χ4n) is 1.91. The first-order valence-electron chi connectivity index (χ1n) is 5.16. The SMILES string of the molecule is CNCc1ccnn1C1CCCOC1. The maximum atomic E-state index is 5.46. The van der Waals surface area contributed by atoms with E-state index in [2.05, 4.69) is 21.2 Å². The van der Waals surface area contributed by atoms with Crippen molar-refractivity contribution < 1.29 is 4.74 Å². The monoisotopic (exact) mass is 195 g/mol.